The van der Waals surface area contributed by atoms with Gasteiger partial charge in [0.05, 0.1) is 73.3 Å². The first-order valence-electron chi connectivity index (χ1n) is 47.7. The van der Waals surface area contributed by atoms with Crippen LogP contribution in [0.3, 0.4) is 0 Å². The van der Waals surface area contributed by atoms with Crippen LogP contribution in [0.1, 0.15) is 162 Å². The van der Waals surface area contributed by atoms with Crippen molar-refractivity contribution in [2.24, 2.45) is 0 Å². The number of fused-ring (bicyclic) bond motifs is 32. The van der Waals surface area contributed by atoms with Gasteiger partial charge in [0.15, 0.2) is 5.82 Å². The van der Waals surface area contributed by atoms with Gasteiger partial charge in [-0.05, 0) is 206 Å². The Morgan fingerprint density at radius 2 is 0.625 bits per heavy atom. The monoisotopic (exact) mass is 1870 g/mol. The molecule has 706 valence electrons. The molecular formula is C133H119N11. The molecule has 0 saturated carbocycles. The topological polar surface area (TPSA) is 142 Å². The summed E-state index contributed by atoms with van der Waals surface area (Å²) >= 11 is 0. The SMILES string of the molecule is C.C.C.C.C.C.Cc1ccc2c(c1)-c1cc3ccccc3nc1C2.Cc1cccc2c1Cc1nc3ccccc3cc1-2.Cc1cccc2c1Cc1nc3ccccc3nc1-2.Cc1ccnc2c1Cc1ccc3ccccc3c1-2.Cc1nc(-c2ccccc2)c2c(n1)-c1c(ccc3ccccc13)C2.Cc1nc(-c2ccccc2)nc2c1Cc1ccc3ccccc3c1-2.Cc1ncc2c(n1)-c1c(ccc3ccccc13)C2. The van der Waals surface area contributed by atoms with Crippen molar-refractivity contribution in [2.45, 2.75) is 138 Å². The summed E-state index contributed by atoms with van der Waals surface area (Å²) in [5.74, 6) is 2.48. The van der Waals surface area contributed by atoms with Gasteiger partial charge in [-0.15, -0.1) is 0 Å². The summed E-state index contributed by atoms with van der Waals surface area (Å²) in [6.45, 7) is 14.7. The van der Waals surface area contributed by atoms with E-state index in [1.807, 2.05) is 80.8 Å². The quantitative estimate of drug-likeness (QED) is 0.163. The van der Waals surface area contributed by atoms with Gasteiger partial charge in [-0.25, -0.2) is 39.9 Å². The highest BCUT2D eigenvalue weighted by Crippen LogP contribution is 2.49. The maximum absolute atomic E-state index is 4.96. The first-order chi connectivity index (χ1) is 67.8. The first kappa shape index (κ1) is 97.3. The van der Waals surface area contributed by atoms with E-state index in [0.29, 0.717) is 0 Å². The molecule has 0 aliphatic heterocycles. The van der Waals surface area contributed by atoms with Gasteiger partial charge in [0.2, 0.25) is 0 Å². The summed E-state index contributed by atoms with van der Waals surface area (Å²) in [6.07, 6.45) is 10.5. The minimum Gasteiger partial charge on any atom is -0.256 e. The van der Waals surface area contributed by atoms with Crippen LogP contribution >= 0.6 is 0 Å². The van der Waals surface area contributed by atoms with E-state index in [4.69, 9.17) is 39.9 Å². The van der Waals surface area contributed by atoms with E-state index in [-0.39, 0.29) is 44.6 Å². The molecule has 7 heterocycles. The van der Waals surface area contributed by atoms with Crippen LogP contribution in [0, 0.1) is 48.5 Å². The molecular weight excluding hydrogens is 1750 g/mol. The van der Waals surface area contributed by atoms with Crippen LogP contribution in [0.2, 0.25) is 0 Å². The summed E-state index contributed by atoms with van der Waals surface area (Å²) in [5.41, 5.74) is 49.7. The highest BCUT2D eigenvalue weighted by atomic mass is 14.9. The molecule has 23 aromatic rings. The lowest BCUT2D eigenvalue weighted by atomic mass is 10.0. The summed E-state index contributed by atoms with van der Waals surface area (Å²) in [5, 5.41) is 12.8. The van der Waals surface area contributed by atoms with E-state index in [0.717, 1.165) is 135 Å². The Hall–Kier alpha value is -16.9. The molecule has 7 aliphatic rings. The lowest BCUT2D eigenvalue weighted by Crippen LogP contribution is -1.98. The Bertz CT molecular complexity index is 8650. The highest BCUT2D eigenvalue weighted by molar-refractivity contribution is 6.05. The predicted octanol–water partition coefficient (Wildman–Crippen LogP) is 33.5. The molecule has 30 rings (SSSR count). The van der Waals surface area contributed by atoms with Crippen molar-refractivity contribution in [1.82, 2.24) is 54.8 Å². The van der Waals surface area contributed by atoms with Crippen LogP contribution < -0.4 is 0 Å². The smallest absolute Gasteiger partial charge is 0.160 e. The van der Waals surface area contributed by atoms with Crippen LogP contribution in [0.15, 0.2) is 364 Å². The van der Waals surface area contributed by atoms with Crippen LogP contribution in [0.5, 0.6) is 0 Å². The molecule has 0 spiro atoms. The number of aryl methyl sites for hydroxylation is 7. The third kappa shape index (κ3) is 17.9. The third-order valence-corrected chi connectivity index (χ3v) is 28.4. The Balaban J connectivity index is 0.000000110. The molecule has 7 aliphatic carbocycles. The second-order valence-electron chi connectivity index (χ2n) is 37.1. The maximum Gasteiger partial charge on any atom is 0.160 e. The van der Waals surface area contributed by atoms with Gasteiger partial charge in [0, 0.05) is 141 Å². The Labute approximate surface area is 846 Å². The summed E-state index contributed by atoms with van der Waals surface area (Å²) in [6, 6.07) is 124. The number of para-hydroxylation sites is 4. The van der Waals surface area contributed by atoms with Crippen molar-refractivity contribution in [2.75, 3.05) is 0 Å². The molecule has 11 heteroatoms. The van der Waals surface area contributed by atoms with Crippen molar-refractivity contribution in [3.8, 4) is 101 Å². The molecule has 0 saturated heterocycles. The Kier molecular flexibility index (Phi) is 27.5. The minimum absolute atomic E-state index is 0. The average molecular weight is 1870 g/mol. The molecule has 0 N–H and O–H groups in total. The van der Waals surface area contributed by atoms with Crippen molar-refractivity contribution < 1.29 is 0 Å². The van der Waals surface area contributed by atoms with E-state index in [1.54, 1.807) is 0 Å². The van der Waals surface area contributed by atoms with Gasteiger partial charge in [0.1, 0.15) is 11.6 Å². The molecule has 0 bridgehead atoms. The Morgan fingerprint density at radius 3 is 1.20 bits per heavy atom. The zero-order chi connectivity index (χ0) is 92.8. The fraction of sp³-hybridized carbons (Fsp3) is 0.150. The van der Waals surface area contributed by atoms with Crippen molar-refractivity contribution in [3.05, 3.63) is 482 Å². The second-order valence-corrected chi connectivity index (χ2v) is 37.1. The largest absolute Gasteiger partial charge is 0.256 e. The number of pyridine rings is 3. The maximum atomic E-state index is 4.96. The molecule has 7 aromatic heterocycles. The number of hydrogen-bond donors (Lipinski definition) is 0. The van der Waals surface area contributed by atoms with Crippen molar-refractivity contribution in [3.63, 3.8) is 0 Å². The van der Waals surface area contributed by atoms with Crippen molar-refractivity contribution >= 4 is 75.9 Å². The van der Waals surface area contributed by atoms with Gasteiger partial charge in [0.25, 0.3) is 0 Å². The lowest BCUT2D eigenvalue weighted by molar-refractivity contribution is 1.03. The summed E-state index contributed by atoms with van der Waals surface area (Å²) < 4.78 is 0. The molecule has 0 amide bonds. The van der Waals surface area contributed by atoms with Gasteiger partial charge in [-0.1, -0.05) is 360 Å². The molecule has 144 heavy (non-hydrogen) atoms. The van der Waals surface area contributed by atoms with Gasteiger partial charge in [-0.3, -0.25) is 15.0 Å². The average Bonchev–Trinajstić information content (AvgIpc) is 1.60. The second kappa shape index (κ2) is 40.7. The highest BCUT2D eigenvalue weighted by Gasteiger charge is 2.32. The summed E-state index contributed by atoms with van der Waals surface area (Å²) in [7, 11) is 0. The van der Waals surface area contributed by atoms with E-state index in [9.17, 15) is 0 Å². The number of benzene rings is 16. The van der Waals surface area contributed by atoms with Crippen LogP contribution in [0.4, 0.5) is 0 Å². The molecule has 0 atom stereocenters. The van der Waals surface area contributed by atoms with Crippen LogP contribution in [0.25, 0.3) is 177 Å². The molecule has 16 aromatic carbocycles. The zero-order valence-corrected chi connectivity index (χ0v) is 78.0. The minimum atomic E-state index is 0. The fourth-order valence-electron chi connectivity index (χ4n) is 21.5. The van der Waals surface area contributed by atoms with Crippen LogP contribution in [-0.4, -0.2) is 54.8 Å². The Morgan fingerprint density at radius 1 is 0.208 bits per heavy atom. The molecule has 0 fully saturated rings. The molecule has 11 nitrogen and oxygen atoms in total. The van der Waals surface area contributed by atoms with E-state index < -0.39 is 0 Å². The molecule has 0 radical (unpaired) electrons. The van der Waals surface area contributed by atoms with E-state index >= 15 is 0 Å². The molecule has 0 unspecified atom stereocenters. The van der Waals surface area contributed by atoms with Crippen LogP contribution in [-0.2, 0) is 44.9 Å². The predicted molar refractivity (Wildman–Crippen MR) is 605 cm³/mol. The number of nitrogens with zero attached hydrogens (tertiary/aromatic N) is 11. The first-order valence-corrected chi connectivity index (χ1v) is 47.7. The third-order valence-electron chi connectivity index (χ3n) is 28.4. The number of rotatable bonds is 2. The van der Waals surface area contributed by atoms with Gasteiger partial charge >= 0.3 is 0 Å². The van der Waals surface area contributed by atoms with Gasteiger partial charge < -0.3 is 0 Å². The normalized spacial score (nSPS) is 11.9. The lowest BCUT2D eigenvalue weighted by Gasteiger charge is -2.09. The number of aromatic nitrogens is 11. The number of hydrogen-bond acceptors (Lipinski definition) is 11. The van der Waals surface area contributed by atoms with E-state index in [2.05, 4.69) is 347 Å². The van der Waals surface area contributed by atoms with E-state index in [1.165, 1.54) is 204 Å². The zero-order valence-electron chi connectivity index (χ0n) is 78.0. The fourth-order valence-corrected chi connectivity index (χ4v) is 21.5. The van der Waals surface area contributed by atoms with Crippen molar-refractivity contribution in [1.29, 1.82) is 0 Å². The van der Waals surface area contributed by atoms with Gasteiger partial charge in [-0.2, -0.15) is 0 Å². The summed E-state index contributed by atoms with van der Waals surface area (Å²) in [4.78, 5) is 52.0. The standard InChI is InChI=1S/2C22H16N2.3C17H13N.2C16H12N2.6CH4/c1-14-23-21(16-8-3-2-4-9-16)19-13-17-12-11-15-7-5-6-10-18(15)20(17)22(19)24-14;1-14-19-13-17-12-11-15-7-5-6-10-18(15)20(17)21(19)24-22(23-14)16-8-3-2-4-9-16;1-11-5-4-7-13-14(11)10-17-15(13)9-12-6-2-3-8-16(12)18-17;1-11-6-7-12-10-17-15(14(12)8-11)9-13-4-2-3-5-16(13)18-17;1-11-8-9-18-17-15(11)10-13-7-6-12-4-2-3-5-14(12)16(13)17;1-10-5-4-6-11-12(10)9-15-16(11)18-14-8-3-2-7-13(14)17-15;1-10-17-9-13-8-12-7-6-11-4-2-3-5-14(11)15(12)16(13)18-10;;;;;;/h2*2-12H,13H2,1H3;3*2-9H,10H2,1H3;2-8H,9H2,1H3;2-7,9H,8H2,1H3;6*1H4.